The van der Waals surface area contributed by atoms with Crippen molar-refractivity contribution >= 4 is 34.1 Å². The second-order valence-electron chi connectivity index (χ2n) is 12.2. The maximum absolute atomic E-state index is 14.9. The molecule has 3 aliphatic heterocycles. The summed E-state index contributed by atoms with van der Waals surface area (Å²) < 4.78 is 20.7. The van der Waals surface area contributed by atoms with Crippen LogP contribution in [0.15, 0.2) is 35.9 Å². The van der Waals surface area contributed by atoms with Crippen molar-refractivity contribution in [3.05, 3.63) is 46.6 Å². The molecule has 42 heavy (non-hydrogen) atoms. The van der Waals surface area contributed by atoms with Crippen molar-refractivity contribution in [3.63, 3.8) is 0 Å². The predicted molar refractivity (Wildman–Crippen MR) is 161 cm³/mol. The van der Waals surface area contributed by atoms with Crippen molar-refractivity contribution in [2.45, 2.75) is 52.3 Å². The number of piperazine rings is 1. The highest BCUT2D eigenvalue weighted by atomic mass is 32.1. The summed E-state index contributed by atoms with van der Waals surface area (Å²) in [6.07, 6.45) is 2.13. The van der Waals surface area contributed by atoms with E-state index in [1.165, 1.54) is 0 Å². The zero-order valence-corrected chi connectivity index (χ0v) is 25.7. The van der Waals surface area contributed by atoms with E-state index in [2.05, 4.69) is 33.2 Å². The van der Waals surface area contributed by atoms with E-state index in [4.69, 9.17) is 4.74 Å². The lowest BCUT2D eigenvalue weighted by molar-refractivity contribution is -0.138. The molecule has 0 saturated carbocycles. The number of hydrogen-bond acceptors (Lipinski definition) is 8. The van der Waals surface area contributed by atoms with Gasteiger partial charge in [-0.15, -0.1) is 0 Å². The molecule has 1 aromatic carbocycles. The van der Waals surface area contributed by atoms with Gasteiger partial charge in [0.2, 0.25) is 11.0 Å². The molecule has 0 bridgehead atoms. The van der Waals surface area contributed by atoms with Gasteiger partial charge in [0.25, 0.3) is 5.91 Å². The summed E-state index contributed by atoms with van der Waals surface area (Å²) in [5.41, 5.74) is 2.31. The molecule has 3 aliphatic rings. The number of likely N-dealkylation sites (N-methyl/N-ethyl adjacent to an activating group) is 1. The van der Waals surface area contributed by atoms with Crippen molar-refractivity contribution in [1.82, 2.24) is 20.1 Å². The minimum Gasteiger partial charge on any atom is -0.367 e. The molecule has 0 radical (unpaired) electrons. The second-order valence-corrected chi connectivity index (χ2v) is 13.2. The Morgan fingerprint density at radius 1 is 1.17 bits per heavy atom. The number of rotatable bonds is 8. The SMILES string of the molecule is CC(C)=CC1CN(C(=O)C(CC(C)C)NC(=O)c2ccc(-c3nc(N4CCN(C)CC4)sc3F)cc2)C2C(=O)COC12. The number of benzene rings is 1. The lowest BCUT2D eigenvalue weighted by Crippen LogP contribution is -2.52. The predicted octanol–water partition coefficient (Wildman–Crippen LogP) is 3.61. The summed E-state index contributed by atoms with van der Waals surface area (Å²) >= 11 is 1.04. The van der Waals surface area contributed by atoms with Crippen LogP contribution in [0.5, 0.6) is 0 Å². The van der Waals surface area contributed by atoms with Crippen molar-refractivity contribution < 1.29 is 23.5 Å². The lowest BCUT2D eigenvalue weighted by atomic mass is 9.99. The van der Waals surface area contributed by atoms with Crippen LogP contribution in [0.4, 0.5) is 9.52 Å². The number of carbonyl (C=O) groups excluding carboxylic acids is 3. The highest BCUT2D eigenvalue weighted by Crippen LogP contribution is 2.35. The third-order valence-electron chi connectivity index (χ3n) is 8.13. The maximum Gasteiger partial charge on any atom is 0.251 e. The van der Waals surface area contributed by atoms with Gasteiger partial charge in [0.1, 0.15) is 24.4 Å². The molecule has 4 heterocycles. The van der Waals surface area contributed by atoms with Crippen LogP contribution >= 0.6 is 11.3 Å². The van der Waals surface area contributed by atoms with Gasteiger partial charge in [-0.3, -0.25) is 14.4 Å². The molecule has 3 saturated heterocycles. The fourth-order valence-electron chi connectivity index (χ4n) is 6.01. The zero-order chi connectivity index (χ0) is 30.1. The quantitative estimate of drug-likeness (QED) is 0.465. The zero-order valence-electron chi connectivity index (χ0n) is 24.9. The monoisotopic (exact) mass is 597 g/mol. The molecule has 11 heteroatoms. The molecule has 2 aromatic rings. The molecule has 1 aromatic heterocycles. The van der Waals surface area contributed by atoms with E-state index in [0.717, 1.165) is 43.1 Å². The smallest absolute Gasteiger partial charge is 0.251 e. The standard InChI is InChI=1S/C31H40FN5O4S/c1-18(2)14-22-16-37(26-24(38)17-41-27(22)26)30(40)23(15-19(3)4)33-29(39)21-8-6-20(7-9-21)25-28(32)42-31(34-25)36-12-10-35(5)11-13-36/h6-9,14,19,22-23,26-27H,10-13,15-17H2,1-5H3,(H,33,39). The van der Waals surface area contributed by atoms with Gasteiger partial charge >= 0.3 is 0 Å². The lowest BCUT2D eigenvalue weighted by Gasteiger charge is -2.31. The van der Waals surface area contributed by atoms with E-state index in [-0.39, 0.29) is 47.1 Å². The van der Waals surface area contributed by atoms with E-state index in [1.54, 1.807) is 29.2 Å². The largest absolute Gasteiger partial charge is 0.367 e. The van der Waals surface area contributed by atoms with E-state index >= 15 is 0 Å². The topological polar surface area (TPSA) is 95.1 Å². The number of carbonyl (C=O) groups is 3. The number of Topliss-reactive ketones (excluding diaryl/α,β-unsaturated/α-hetero) is 1. The first-order valence-electron chi connectivity index (χ1n) is 14.6. The first kappa shape index (κ1) is 30.3. The first-order chi connectivity index (χ1) is 20.0. The van der Waals surface area contributed by atoms with Crippen molar-refractivity contribution in [2.24, 2.45) is 11.8 Å². The van der Waals surface area contributed by atoms with Crippen molar-refractivity contribution in [3.8, 4) is 11.3 Å². The van der Waals surface area contributed by atoms with Crippen LogP contribution < -0.4 is 10.2 Å². The Kier molecular flexibility index (Phi) is 9.10. The molecule has 1 N–H and O–H groups in total. The van der Waals surface area contributed by atoms with Gasteiger partial charge in [0, 0.05) is 49.8 Å². The minimum atomic E-state index is -0.793. The highest BCUT2D eigenvalue weighted by molar-refractivity contribution is 7.14. The molecule has 2 amide bonds. The van der Waals surface area contributed by atoms with Gasteiger partial charge in [0.15, 0.2) is 10.9 Å². The van der Waals surface area contributed by atoms with Crippen LogP contribution in [0.3, 0.4) is 0 Å². The van der Waals surface area contributed by atoms with Gasteiger partial charge < -0.3 is 24.8 Å². The summed E-state index contributed by atoms with van der Waals surface area (Å²) in [6, 6.07) is 5.20. The number of likely N-dealkylation sites (tertiary alicyclic amines) is 1. The van der Waals surface area contributed by atoms with Crippen LogP contribution in [0.25, 0.3) is 11.3 Å². The summed E-state index contributed by atoms with van der Waals surface area (Å²) in [6.45, 7) is 11.7. The maximum atomic E-state index is 14.9. The van der Waals surface area contributed by atoms with Crippen LogP contribution in [0, 0.1) is 17.0 Å². The number of halogens is 1. The van der Waals surface area contributed by atoms with Gasteiger partial charge in [-0.25, -0.2) is 4.98 Å². The number of amides is 2. The third kappa shape index (κ3) is 6.43. The first-order valence-corrected chi connectivity index (χ1v) is 15.4. The second kappa shape index (κ2) is 12.6. The minimum absolute atomic E-state index is 0.00375. The average Bonchev–Trinajstić information content (AvgIpc) is 3.63. The van der Waals surface area contributed by atoms with Gasteiger partial charge in [-0.1, -0.05) is 49.0 Å². The van der Waals surface area contributed by atoms with Gasteiger partial charge in [-0.05, 0) is 45.4 Å². The Morgan fingerprint density at radius 3 is 2.50 bits per heavy atom. The molecule has 9 nitrogen and oxygen atoms in total. The van der Waals surface area contributed by atoms with Crippen molar-refractivity contribution in [1.29, 1.82) is 0 Å². The Labute approximate surface area is 250 Å². The van der Waals surface area contributed by atoms with Gasteiger partial charge in [0.05, 0.1) is 6.10 Å². The fraction of sp³-hybridized carbons (Fsp3) is 0.548. The number of allylic oxidation sites excluding steroid dienone is 1. The molecule has 226 valence electrons. The van der Waals surface area contributed by atoms with Crippen LogP contribution in [-0.4, -0.2) is 96.9 Å². The molecular formula is C31H40FN5O4S. The molecule has 0 aliphatic carbocycles. The number of hydrogen-bond donors (Lipinski definition) is 1. The summed E-state index contributed by atoms with van der Waals surface area (Å²) in [7, 11) is 2.07. The molecule has 0 spiro atoms. The average molecular weight is 598 g/mol. The number of aromatic nitrogens is 1. The van der Waals surface area contributed by atoms with Crippen molar-refractivity contribution in [2.75, 3.05) is 51.3 Å². The van der Waals surface area contributed by atoms with Crippen LogP contribution in [0.1, 0.15) is 44.5 Å². The number of nitrogens with one attached hydrogen (secondary N) is 1. The number of ether oxygens (including phenoxy) is 1. The summed E-state index contributed by atoms with van der Waals surface area (Å²) in [4.78, 5) is 50.4. The van der Waals surface area contributed by atoms with E-state index in [0.29, 0.717) is 29.2 Å². The number of anilines is 1. The van der Waals surface area contributed by atoms with Crippen LogP contribution in [-0.2, 0) is 14.3 Å². The molecule has 4 unspecified atom stereocenters. The summed E-state index contributed by atoms with van der Waals surface area (Å²) in [5.74, 6) is -0.711. The van der Waals surface area contributed by atoms with E-state index in [1.807, 2.05) is 27.7 Å². The van der Waals surface area contributed by atoms with Gasteiger partial charge in [-0.2, -0.15) is 4.39 Å². The molecule has 5 rings (SSSR count). The number of thiazole rings is 1. The van der Waals surface area contributed by atoms with E-state index < -0.39 is 18.0 Å². The molecule has 4 atom stereocenters. The fourth-order valence-corrected chi connectivity index (χ4v) is 6.88. The number of fused-ring (bicyclic) bond motifs is 1. The Balaban J connectivity index is 1.29. The normalized spacial score (nSPS) is 23.3. The van der Waals surface area contributed by atoms with E-state index in [9.17, 15) is 18.8 Å². The number of nitrogens with zero attached hydrogens (tertiary/aromatic N) is 4. The Hall–Kier alpha value is -3.15. The summed E-state index contributed by atoms with van der Waals surface area (Å²) in [5, 5.41) is 3.22. The van der Waals surface area contributed by atoms with Crippen LogP contribution in [0.2, 0.25) is 0 Å². The molecule has 3 fully saturated rings. The third-order valence-corrected chi connectivity index (χ3v) is 9.04. The Bertz CT molecular complexity index is 1350. The number of ketones is 1. The highest BCUT2D eigenvalue weighted by Gasteiger charge is 2.52. The molecular weight excluding hydrogens is 557 g/mol. The Morgan fingerprint density at radius 2 is 1.86 bits per heavy atom.